The van der Waals surface area contributed by atoms with Crippen LogP contribution >= 0.6 is 0 Å². The van der Waals surface area contributed by atoms with Crippen molar-refractivity contribution in [2.24, 2.45) is 5.73 Å². The quantitative estimate of drug-likeness (QED) is 0.936. The molecule has 3 rings (SSSR count). The van der Waals surface area contributed by atoms with Crippen LogP contribution in [0.1, 0.15) is 12.5 Å². The van der Waals surface area contributed by atoms with E-state index in [0.29, 0.717) is 13.2 Å². The van der Waals surface area contributed by atoms with Gasteiger partial charge in [0, 0.05) is 13.1 Å². The molecule has 0 radical (unpaired) electrons. The highest BCUT2D eigenvalue weighted by atomic mass is 16.5. The highest BCUT2D eigenvalue weighted by Crippen LogP contribution is 2.23. The Morgan fingerprint density at radius 1 is 1.29 bits per heavy atom. The van der Waals surface area contributed by atoms with Crippen LogP contribution in [-0.2, 0) is 16.1 Å². The first-order valence-electron chi connectivity index (χ1n) is 7.28. The summed E-state index contributed by atoms with van der Waals surface area (Å²) in [6, 6.07) is 14.2. The van der Waals surface area contributed by atoms with E-state index in [4.69, 9.17) is 10.5 Å². The van der Waals surface area contributed by atoms with Crippen molar-refractivity contribution in [3.05, 3.63) is 48.0 Å². The number of amides is 1. The standard InChI is InChI=1S/C17H20N2O2/c1-12-16(17(18)20)19(9-10-21-12)11-14-7-4-6-13-5-2-3-8-15(13)14/h2-8,12,16H,9-11H2,1H3,(H2,18,20)/t12-,16+/m1/s1. The molecule has 1 aliphatic heterocycles. The number of rotatable bonds is 3. The molecule has 0 bridgehead atoms. The molecule has 1 heterocycles. The van der Waals surface area contributed by atoms with Gasteiger partial charge in [-0.15, -0.1) is 0 Å². The van der Waals surface area contributed by atoms with Crippen molar-refractivity contribution in [3.8, 4) is 0 Å². The SMILES string of the molecule is C[C@H]1OCCN(Cc2cccc3ccccc23)[C@@H]1C(N)=O. The smallest absolute Gasteiger partial charge is 0.237 e. The number of nitrogens with zero attached hydrogens (tertiary/aromatic N) is 1. The number of carbonyl (C=O) groups is 1. The van der Waals surface area contributed by atoms with Crippen LogP contribution in [0.2, 0.25) is 0 Å². The van der Waals surface area contributed by atoms with Crippen molar-refractivity contribution in [1.82, 2.24) is 4.90 Å². The van der Waals surface area contributed by atoms with E-state index in [9.17, 15) is 4.79 Å². The molecule has 2 aromatic rings. The first-order chi connectivity index (χ1) is 10.2. The van der Waals surface area contributed by atoms with Crippen molar-refractivity contribution in [2.75, 3.05) is 13.2 Å². The normalized spacial score (nSPS) is 23.3. The van der Waals surface area contributed by atoms with Crippen molar-refractivity contribution >= 4 is 16.7 Å². The maximum atomic E-state index is 11.7. The Balaban J connectivity index is 1.92. The summed E-state index contributed by atoms with van der Waals surface area (Å²) in [6.07, 6.45) is -0.161. The minimum absolute atomic E-state index is 0.161. The molecule has 21 heavy (non-hydrogen) atoms. The molecule has 4 nitrogen and oxygen atoms in total. The number of carbonyl (C=O) groups excluding carboxylic acids is 1. The van der Waals surface area contributed by atoms with Gasteiger partial charge in [-0.05, 0) is 23.3 Å². The summed E-state index contributed by atoms with van der Waals surface area (Å²) in [7, 11) is 0. The third kappa shape index (κ3) is 2.77. The van der Waals surface area contributed by atoms with Crippen LogP contribution in [0.3, 0.4) is 0 Å². The van der Waals surface area contributed by atoms with Gasteiger partial charge < -0.3 is 10.5 Å². The first-order valence-corrected chi connectivity index (χ1v) is 7.28. The Labute approximate surface area is 124 Å². The molecule has 4 heteroatoms. The number of ether oxygens (including phenoxy) is 1. The van der Waals surface area contributed by atoms with Crippen LogP contribution in [0.4, 0.5) is 0 Å². The maximum Gasteiger partial charge on any atom is 0.237 e. The molecule has 0 saturated carbocycles. The van der Waals surface area contributed by atoms with Crippen LogP contribution < -0.4 is 5.73 Å². The largest absolute Gasteiger partial charge is 0.375 e. The highest BCUT2D eigenvalue weighted by Gasteiger charge is 2.33. The zero-order valence-electron chi connectivity index (χ0n) is 12.2. The van der Waals surface area contributed by atoms with Gasteiger partial charge in [0.15, 0.2) is 0 Å². The second-order valence-corrected chi connectivity index (χ2v) is 5.53. The van der Waals surface area contributed by atoms with Gasteiger partial charge in [0.1, 0.15) is 6.04 Å². The van der Waals surface area contributed by atoms with E-state index in [1.165, 1.54) is 16.3 Å². The summed E-state index contributed by atoms with van der Waals surface area (Å²) < 4.78 is 5.56. The second kappa shape index (κ2) is 5.84. The lowest BCUT2D eigenvalue weighted by Crippen LogP contribution is -2.56. The van der Waals surface area contributed by atoms with E-state index in [1.807, 2.05) is 19.1 Å². The Morgan fingerprint density at radius 2 is 2.05 bits per heavy atom. The minimum atomic E-state index is -0.363. The summed E-state index contributed by atoms with van der Waals surface area (Å²) in [5.41, 5.74) is 6.77. The van der Waals surface area contributed by atoms with Gasteiger partial charge in [-0.25, -0.2) is 0 Å². The van der Waals surface area contributed by atoms with E-state index in [-0.39, 0.29) is 18.1 Å². The second-order valence-electron chi connectivity index (χ2n) is 5.53. The third-order valence-corrected chi connectivity index (χ3v) is 4.14. The topological polar surface area (TPSA) is 55.6 Å². The van der Waals surface area contributed by atoms with Crippen LogP contribution in [0, 0.1) is 0 Å². The number of benzene rings is 2. The highest BCUT2D eigenvalue weighted by molar-refractivity contribution is 5.86. The fourth-order valence-corrected chi connectivity index (χ4v) is 3.12. The van der Waals surface area contributed by atoms with E-state index in [2.05, 4.69) is 35.2 Å². The molecule has 0 aliphatic carbocycles. The molecule has 1 amide bonds. The van der Waals surface area contributed by atoms with Crippen molar-refractivity contribution in [2.45, 2.75) is 25.6 Å². The van der Waals surface area contributed by atoms with E-state index in [1.54, 1.807) is 0 Å². The van der Waals surface area contributed by atoms with Crippen LogP contribution in [0.15, 0.2) is 42.5 Å². The molecule has 0 aromatic heterocycles. The predicted octanol–water partition coefficient (Wildman–Crippen LogP) is 1.91. The lowest BCUT2D eigenvalue weighted by atomic mass is 10.0. The molecule has 1 aliphatic rings. The average molecular weight is 284 g/mol. The van der Waals surface area contributed by atoms with Gasteiger partial charge in [-0.3, -0.25) is 9.69 Å². The number of hydrogen-bond donors (Lipinski definition) is 1. The van der Waals surface area contributed by atoms with E-state index < -0.39 is 0 Å². The third-order valence-electron chi connectivity index (χ3n) is 4.14. The molecular formula is C17H20N2O2. The zero-order chi connectivity index (χ0) is 14.8. The maximum absolute atomic E-state index is 11.7. The van der Waals surface area contributed by atoms with Crippen molar-refractivity contribution in [3.63, 3.8) is 0 Å². The van der Waals surface area contributed by atoms with Gasteiger partial charge >= 0.3 is 0 Å². The number of nitrogens with two attached hydrogens (primary N) is 1. The fraction of sp³-hybridized carbons (Fsp3) is 0.353. The molecule has 2 N–H and O–H groups in total. The summed E-state index contributed by atoms with van der Waals surface area (Å²) in [4.78, 5) is 13.9. The molecular weight excluding hydrogens is 264 g/mol. The zero-order valence-corrected chi connectivity index (χ0v) is 12.2. The number of hydrogen-bond acceptors (Lipinski definition) is 3. The molecule has 2 atom stereocenters. The molecule has 110 valence electrons. The Morgan fingerprint density at radius 3 is 2.86 bits per heavy atom. The lowest BCUT2D eigenvalue weighted by molar-refractivity contribution is -0.136. The number of primary amides is 1. The predicted molar refractivity (Wildman–Crippen MR) is 82.8 cm³/mol. The molecule has 1 saturated heterocycles. The van der Waals surface area contributed by atoms with Crippen LogP contribution in [0.5, 0.6) is 0 Å². The molecule has 1 fully saturated rings. The summed E-state index contributed by atoms with van der Waals surface area (Å²) in [5, 5.41) is 2.44. The Bertz CT molecular complexity index is 651. The van der Waals surface area contributed by atoms with Gasteiger partial charge in [-0.2, -0.15) is 0 Å². The first kappa shape index (κ1) is 14.0. The summed E-state index contributed by atoms with van der Waals surface area (Å²) >= 11 is 0. The van der Waals surface area contributed by atoms with E-state index in [0.717, 1.165) is 6.54 Å². The minimum Gasteiger partial charge on any atom is -0.375 e. The fourth-order valence-electron chi connectivity index (χ4n) is 3.12. The van der Waals surface area contributed by atoms with Gasteiger partial charge in [0.25, 0.3) is 0 Å². The molecule has 0 unspecified atom stereocenters. The van der Waals surface area contributed by atoms with Crippen LogP contribution in [0.25, 0.3) is 10.8 Å². The Kier molecular flexibility index (Phi) is 3.90. The molecule has 0 spiro atoms. The number of fused-ring (bicyclic) bond motifs is 1. The monoisotopic (exact) mass is 284 g/mol. The molecule has 2 aromatic carbocycles. The Hall–Kier alpha value is -1.91. The van der Waals surface area contributed by atoms with Gasteiger partial charge in [0.05, 0.1) is 12.7 Å². The summed E-state index contributed by atoms with van der Waals surface area (Å²) in [5.74, 6) is -0.317. The van der Waals surface area contributed by atoms with Gasteiger partial charge in [-0.1, -0.05) is 42.5 Å². The van der Waals surface area contributed by atoms with Crippen molar-refractivity contribution in [1.29, 1.82) is 0 Å². The summed E-state index contributed by atoms with van der Waals surface area (Å²) in [6.45, 7) is 3.98. The van der Waals surface area contributed by atoms with Crippen LogP contribution in [-0.4, -0.2) is 36.1 Å². The number of morpholine rings is 1. The lowest BCUT2D eigenvalue weighted by Gasteiger charge is -2.38. The van der Waals surface area contributed by atoms with Crippen molar-refractivity contribution < 1.29 is 9.53 Å². The van der Waals surface area contributed by atoms with Gasteiger partial charge in [0.2, 0.25) is 5.91 Å². The van der Waals surface area contributed by atoms with E-state index >= 15 is 0 Å². The average Bonchev–Trinajstić information content (AvgIpc) is 2.47.